The largest absolute Gasteiger partial charge is 0.530 e. The van der Waals surface area contributed by atoms with Crippen molar-refractivity contribution in [2.24, 2.45) is 0 Å². The van der Waals surface area contributed by atoms with Crippen LogP contribution in [0.3, 0.4) is 0 Å². The predicted molar refractivity (Wildman–Crippen MR) is 283 cm³/mol. The molecule has 0 saturated carbocycles. The molecule has 0 heterocycles. The first-order valence-electron chi connectivity index (χ1n) is 23.0. The van der Waals surface area contributed by atoms with E-state index in [2.05, 4.69) is 97.1 Å². The zero-order valence-electron chi connectivity index (χ0n) is 42.9. The molecule has 6 rings (SSSR count). The molecule has 0 aromatic heterocycles. The van der Waals surface area contributed by atoms with Gasteiger partial charge in [-0.3, -0.25) is 0 Å². The van der Waals surface area contributed by atoms with E-state index < -0.39 is 33.6 Å². The monoisotopic (exact) mass is 986 g/mol. The van der Waals surface area contributed by atoms with Gasteiger partial charge >= 0.3 is 17.2 Å². The van der Waals surface area contributed by atoms with Gasteiger partial charge < -0.3 is 31.9 Å². The second kappa shape index (κ2) is 21.4. The lowest BCUT2D eigenvalue weighted by atomic mass is 9.74. The van der Waals surface area contributed by atoms with E-state index >= 15 is 0 Å². The molecule has 6 aromatic carbocycles. The fourth-order valence-electron chi connectivity index (χ4n) is 7.56. The highest BCUT2D eigenvalue weighted by molar-refractivity contribution is 7.43. The maximum atomic E-state index is 9.62. The zero-order chi connectivity index (χ0) is 52.1. The molecular formula is C58H60N4O7P2. The summed E-state index contributed by atoms with van der Waals surface area (Å²) in [5, 5.41) is 19.2. The van der Waals surface area contributed by atoms with Gasteiger partial charge in [0.1, 0.15) is 45.8 Å². The molecule has 0 radical (unpaired) electrons. The summed E-state index contributed by atoms with van der Waals surface area (Å²) in [5.74, 6) is 3.23. The minimum absolute atomic E-state index is 0.365. The van der Waals surface area contributed by atoms with Gasteiger partial charge in [0.15, 0.2) is 11.4 Å². The summed E-state index contributed by atoms with van der Waals surface area (Å²) in [6.07, 6.45) is 0. The van der Waals surface area contributed by atoms with Gasteiger partial charge in [-0.1, -0.05) is 92.6 Å². The van der Waals surface area contributed by atoms with E-state index in [1.165, 1.54) is 0 Å². The Bertz CT molecular complexity index is 2930. The average Bonchev–Trinajstić information content (AvgIpc) is 3.30. The van der Waals surface area contributed by atoms with Crippen LogP contribution in [0, 0.1) is 49.7 Å². The molecule has 0 atom stereocenters. The third-order valence-electron chi connectivity index (χ3n) is 11.1. The Labute approximate surface area is 422 Å². The summed E-state index contributed by atoms with van der Waals surface area (Å²) in [5.41, 5.74) is 5.49. The minimum Gasteiger partial charge on any atom is -0.488 e. The first-order chi connectivity index (χ1) is 33.3. The van der Waals surface area contributed by atoms with Crippen LogP contribution in [0.1, 0.15) is 122 Å². The van der Waals surface area contributed by atoms with Crippen LogP contribution < -0.4 is 31.9 Å². The van der Waals surface area contributed by atoms with Gasteiger partial charge in [-0.15, -0.1) is 0 Å². The number of hydrogen-bond donors (Lipinski definition) is 0. The van der Waals surface area contributed by atoms with E-state index in [1.54, 1.807) is 97.1 Å². The molecule has 364 valence electrons. The lowest BCUT2D eigenvalue weighted by Crippen LogP contribution is -2.25. The number of ether oxygens (including phenoxy) is 1. The highest BCUT2D eigenvalue weighted by Gasteiger charge is 2.38. The van der Waals surface area contributed by atoms with Gasteiger partial charge in [0.25, 0.3) is 0 Å². The first kappa shape index (κ1) is 53.1. The van der Waals surface area contributed by atoms with Crippen LogP contribution >= 0.6 is 17.2 Å². The number of nitriles is 2. The van der Waals surface area contributed by atoms with Crippen molar-refractivity contribution in [3.63, 3.8) is 0 Å². The van der Waals surface area contributed by atoms with E-state index in [1.807, 2.05) is 33.8 Å². The highest BCUT2D eigenvalue weighted by atomic mass is 31.2. The van der Waals surface area contributed by atoms with E-state index in [9.17, 15) is 10.5 Å². The molecule has 13 heteroatoms. The fraction of sp³-hybridized carbons (Fsp3) is 0.310. The molecule has 71 heavy (non-hydrogen) atoms. The Balaban J connectivity index is 1.73. The molecule has 6 aromatic rings. The second-order valence-electron chi connectivity index (χ2n) is 21.0. The van der Waals surface area contributed by atoms with Crippen molar-refractivity contribution in [3.05, 3.63) is 171 Å². The molecule has 0 saturated heterocycles. The molecule has 0 fully saturated rings. The highest BCUT2D eigenvalue weighted by Crippen LogP contribution is 2.58. The van der Waals surface area contributed by atoms with Gasteiger partial charge in [-0.25, -0.2) is 9.69 Å². The zero-order valence-corrected chi connectivity index (χ0v) is 44.7. The summed E-state index contributed by atoms with van der Waals surface area (Å²) < 4.78 is 48.1. The molecule has 0 spiro atoms. The minimum atomic E-state index is -2.34. The summed E-state index contributed by atoms with van der Waals surface area (Å²) in [7, 11) is -4.67. The third kappa shape index (κ3) is 13.3. The molecule has 0 unspecified atom stereocenters. The van der Waals surface area contributed by atoms with Crippen LogP contribution in [0.5, 0.6) is 40.2 Å². The van der Waals surface area contributed by atoms with Crippen molar-refractivity contribution in [2.75, 3.05) is 0 Å². The molecule has 0 aliphatic heterocycles. The average molecular weight is 987 g/mol. The second-order valence-corrected chi connectivity index (χ2v) is 23.0. The fourth-order valence-corrected chi connectivity index (χ4v) is 9.64. The maximum Gasteiger partial charge on any atom is 0.530 e. The van der Waals surface area contributed by atoms with Crippen molar-refractivity contribution in [1.82, 2.24) is 0 Å². The molecule has 0 bridgehead atoms. The van der Waals surface area contributed by atoms with Gasteiger partial charge in [0.2, 0.25) is 0 Å². The Morgan fingerprint density at radius 3 is 1.07 bits per heavy atom. The van der Waals surface area contributed by atoms with Gasteiger partial charge in [0, 0.05) is 27.8 Å². The summed E-state index contributed by atoms with van der Waals surface area (Å²) in [4.78, 5) is 7.13. The summed E-state index contributed by atoms with van der Waals surface area (Å²) in [6.45, 7) is 44.5. The van der Waals surface area contributed by atoms with Crippen molar-refractivity contribution in [1.29, 1.82) is 10.5 Å². The van der Waals surface area contributed by atoms with Gasteiger partial charge in [-0.05, 0) is 141 Å². The molecule has 0 aliphatic rings. The molecule has 0 N–H and O–H groups in total. The summed E-state index contributed by atoms with van der Waals surface area (Å²) in [6, 6.07) is 35.6. The Kier molecular flexibility index (Phi) is 16.0. The van der Waals surface area contributed by atoms with Crippen molar-refractivity contribution in [2.45, 2.75) is 119 Å². The third-order valence-corrected chi connectivity index (χ3v) is 13.2. The van der Waals surface area contributed by atoms with Crippen molar-refractivity contribution >= 4 is 28.6 Å². The molecule has 0 aliphatic carbocycles. The quantitative estimate of drug-likeness (QED) is 0.0776. The molecule has 0 amide bonds. The van der Waals surface area contributed by atoms with Crippen LogP contribution in [0.4, 0.5) is 11.4 Å². The van der Waals surface area contributed by atoms with Crippen LogP contribution in [0.15, 0.2) is 109 Å². The Morgan fingerprint density at radius 2 is 0.761 bits per heavy atom. The number of hydrogen-bond acceptors (Lipinski definition) is 9. The van der Waals surface area contributed by atoms with E-state index in [-0.39, 0.29) is 5.41 Å². The normalized spacial score (nSPS) is 11.7. The van der Waals surface area contributed by atoms with Gasteiger partial charge in [-0.2, -0.15) is 10.5 Å². The van der Waals surface area contributed by atoms with Crippen LogP contribution in [-0.4, -0.2) is 5.60 Å². The molecular weight excluding hydrogens is 927 g/mol. The maximum absolute atomic E-state index is 9.62. The Hall–Kier alpha value is -7.26. The Morgan fingerprint density at radius 1 is 0.437 bits per heavy atom. The predicted octanol–water partition coefficient (Wildman–Crippen LogP) is 17.4. The van der Waals surface area contributed by atoms with Crippen LogP contribution in [-0.2, 0) is 16.2 Å². The van der Waals surface area contributed by atoms with Crippen molar-refractivity contribution < 1.29 is 31.9 Å². The van der Waals surface area contributed by atoms with Crippen LogP contribution in [0.2, 0.25) is 0 Å². The first-order valence-corrected chi connectivity index (χ1v) is 25.2. The van der Waals surface area contributed by atoms with Gasteiger partial charge in [0.05, 0.1) is 36.4 Å². The lowest BCUT2D eigenvalue weighted by Gasteiger charge is -2.35. The summed E-state index contributed by atoms with van der Waals surface area (Å²) >= 11 is 0. The standard InChI is InChI=1S/C58H60N4O7P2/c1-37-47(55(3,4)5)33-48(56(6,7)8)53(68-71(66-45-29-21-41(61-15)22-30-45)67-46-31-23-42(62-16)24-32-46)51(37)52-38(2)50(63-58(12,13)14)34-49(57(9,10)11)54(52)69-70(64-43-25-17-39(35-59)18-26-43)65-44-27-19-40(36-60)20-28-44/h17-34H,1-14H3. The van der Waals surface area contributed by atoms with Crippen molar-refractivity contribution in [3.8, 4) is 63.5 Å². The number of benzene rings is 6. The topological polar surface area (TPSA) is 121 Å². The van der Waals surface area contributed by atoms with E-state index in [0.717, 1.165) is 27.8 Å². The van der Waals surface area contributed by atoms with E-state index in [4.69, 9.17) is 45.0 Å². The number of nitrogens with zero attached hydrogens (tertiary/aromatic N) is 4. The SMILES string of the molecule is [C-]#[N+]c1ccc(OP(Oc2ccc([N+]#[C-])cc2)Oc2c(C(C)(C)C)cc(C(C)(C)C)c(C)c2-c2c(C)c(OC(C)(C)C)cc(C(C)(C)C)c2OP(Oc2ccc(C#N)cc2)Oc2ccc(C#N)cc2)cc1. The molecule has 11 nitrogen and oxygen atoms in total. The smallest absolute Gasteiger partial charge is 0.488 e. The lowest BCUT2D eigenvalue weighted by molar-refractivity contribution is 0.129. The number of rotatable bonds is 14. The van der Waals surface area contributed by atoms with Crippen LogP contribution in [0.25, 0.3) is 20.8 Å². The van der Waals surface area contributed by atoms with E-state index in [0.29, 0.717) is 73.9 Å².